The van der Waals surface area contributed by atoms with Crippen LogP contribution in [0.5, 0.6) is 0 Å². The second kappa shape index (κ2) is 11.5. The van der Waals surface area contributed by atoms with Crippen molar-refractivity contribution in [1.29, 1.82) is 0 Å². The molecule has 0 aromatic heterocycles. The Morgan fingerprint density at radius 2 is 1.96 bits per heavy atom. The van der Waals surface area contributed by atoms with E-state index in [1.54, 1.807) is 23.1 Å². The number of benzene rings is 1. The number of hydrogen-bond acceptors (Lipinski definition) is 4. The first-order chi connectivity index (χ1) is 11.5. The van der Waals surface area contributed by atoms with E-state index in [1.165, 1.54) is 0 Å². The van der Waals surface area contributed by atoms with Crippen LogP contribution < -0.4 is 10.6 Å². The monoisotopic (exact) mass is 518 g/mol. The van der Waals surface area contributed by atoms with Crippen LogP contribution in [0.4, 0.5) is 0 Å². The Balaban J connectivity index is 0.00000312. The van der Waals surface area contributed by atoms with E-state index >= 15 is 0 Å². The van der Waals surface area contributed by atoms with Crippen LogP contribution in [0, 0.1) is 0 Å². The summed E-state index contributed by atoms with van der Waals surface area (Å²) in [5.41, 5.74) is 0.959. The average molecular weight is 519 g/mol. The quantitative estimate of drug-likeness (QED) is 0.342. The van der Waals surface area contributed by atoms with Crippen LogP contribution in [0.1, 0.15) is 5.56 Å². The molecule has 25 heavy (non-hydrogen) atoms. The maximum atomic E-state index is 12.3. The highest BCUT2D eigenvalue weighted by Crippen LogP contribution is 2.14. The first-order valence-corrected chi connectivity index (χ1v) is 10.9. The normalized spacial score (nSPS) is 16.2. The van der Waals surface area contributed by atoms with Gasteiger partial charge in [0.25, 0.3) is 0 Å². The topological polar surface area (TPSA) is 73.8 Å². The number of thioether (sulfide) groups is 1. The van der Waals surface area contributed by atoms with E-state index in [-0.39, 0.29) is 29.7 Å². The maximum absolute atomic E-state index is 12.3. The minimum Gasteiger partial charge on any atom is -0.355 e. The third-order valence-electron chi connectivity index (χ3n) is 3.64. The Hall–Kier alpha value is -0.230. The van der Waals surface area contributed by atoms with E-state index in [4.69, 9.17) is 11.6 Å². The van der Waals surface area contributed by atoms with Gasteiger partial charge in [0.1, 0.15) is 0 Å². The van der Waals surface area contributed by atoms with Gasteiger partial charge in [0.15, 0.2) is 5.96 Å². The van der Waals surface area contributed by atoms with Gasteiger partial charge in [-0.3, -0.25) is 4.99 Å². The summed E-state index contributed by atoms with van der Waals surface area (Å²) in [6.45, 7) is 2.04. The zero-order valence-corrected chi connectivity index (χ0v) is 18.8. The van der Waals surface area contributed by atoms with Gasteiger partial charge < -0.3 is 10.6 Å². The van der Waals surface area contributed by atoms with Gasteiger partial charge >= 0.3 is 0 Å². The highest BCUT2D eigenvalue weighted by atomic mass is 127. The van der Waals surface area contributed by atoms with E-state index in [0.717, 1.165) is 17.1 Å². The third-order valence-corrected chi connectivity index (χ3v) is 6.83. The number of halogens is 2. The fraction of sp³-hybridized carbons (Fsp3) is 0.533. The van der Waals surface area contributed by atoms with Crippen LogP contribution in [0.3, 0.4) is 0 Å². The molecular weight excluding hydrogens is 495 g/mol. The molecule has 0 bridgehead atoms. The molecular formula is C15H24ClIN4O2S2. The summed E-state index contributed by atoms with van der Waals surface area (Å²) in [4.78, 5) is 4.10. The SMILES string of the molecule is CN=C(NCCS(=O)(=O)N1CCSCC1)NCc1ccccc1Cl.I. The Morgan fingerprint density at radius 3 is 2.60 bits per heavy atom. The van der Waals surface area contributed by atoms with Crippen molar-refractivity contribution in [2.24, 2.45) is 4.99 Å². The van der Waals surface area contributed by atoms with Crippen LogP contribution in [-0.2, 0) is 16.6 Å². The molecule has 0 saturated carbocycles. The summed E-state index contributed by atoms with van der Waals surface area (Å²) in [6, 6.07) is 7.56. The third kappa shape index (κ3) is 7.49. The van der Waals surface area contributed by atoms with Gasteiger partial charge in [-0.25, -0.2) is 12.7 Å². The summed E-state index contributed by atoms with van der Waals surface area (Å²) in [5, 5.41) is 6.86. The van der Waals surface area contributed by atoms with Crippen molar-refractivity contribution in [2.75, 3.05) is 43.9 Å². The molecule has 6 nitrogen and oxygen atoms in total. The van der Waals surface area contributed by atoms with E-state index in [9.17, 15) is 8.42 Å². The van der Waals surface area contributed by atoms with Gasteiger partial charge in [0.2, 0.25) is 10.0 Å². The number of rotatable bonds is 6. The molecule has 10 heteroatoms. The molecule has 0 amide bonds. The molecule has 142 valence electrons. The molecule has 1 aliphatic heterocycles. The first kappa shape index (κ1) is 22.8. The number of aliphatic imine (C=N–C) groups is 1. The van der Waals surface area contributed by atoms with Crippen molar-refractivity contribution in [3.8, 4) is 0 Å². The fourth-order valence-corrected chi connectivity index (χ4v) is 4.99. The first-order valence-electron chi connectivity index (χ1n) is 7.76. The summed E-state index contributed by atoms with van der Waals surface area (Å²) in [6.07, 6.45) is 0. The van der Waals surface area contributed by atoms with E-state index in [1.807, 2.05) is 24.3 Å². The van der Waals surface area contributed by atoms with Crippen molar-refractivity contribution < 1.29 is 8.42 Å². The minimum atomic E-state index is -3.21. The minimum absolute atomic E-state index is 0. The molecule has 0 aliphatic carbocycles. The van der Waals surface area contributed by atoms with Gasteiger partial charge in [-0.1, -0.05) is 29.8 Å². The molecule has 1 saturated heterocycles. The highest BCUT2D eigenvalue weighted by Gasteiger charge is 2.23. The fourth-order valence-electron chi connectivity index (χ4n) is 2.29. The van der Waals surface area contributed by atoms with E-state index in [0.29, 0.717) is 37.2 Å². The molecule has 0 radical (unpaired) electrons. The van der Waals surface area contributed by atoms with Gasteiger partial charge in [-0.05, 0) is 11.6 Å². The van der Waals surface area contributed by atoms with Crippen LogP contribution in [-0.4, -0.2) is 62.6 Å². The molecule has 0 unspecified atom stereocenters. The predicted molar refractivity (Wildman–Crippen MR) is 118 cm³/mol. The summed E-state index contributed by atoms with van der Waals surface area (Å²) >= 11 is 7.91. The van der Waals surface area contributed by atoms with Crippen molar-refractivity contribution >= 4 is 63.3 Å². The van der Waals surface area contributed by atoms with Gasteiger partial charge in [-0.2, -0.15) is 11.8 Å². The molecule has 2 N–H and O–H groups in total. The molecule has 1 fully saturated rings. The van der Waals surface area contributed by atoms with Crippen LogP contribution in [0.25, 0.3) is 0 Å². The molecule has 2 rings (SSSR count). The van der Waals surface area contributed by atoms with Crippen molar-refractivity contribution in [3.63, 3.8) is 0 Å². The van der Waals surface area contributed by atoms with Gasteiger partial charge in [-0.15, -0.1) is 24.0 Å². The number of nitrogens with zero attached hydrogens (tertiary/aromatic N) is 2. The van der Waals surface area contributed by atoms with Crippen molar-refractivity contribution in [2.45, 2.75) is 6.54 Å². The van der Waals surface area contributed by atoms with Crippen LogP contribution >= 0.6 is 47.3 Å². The molecule has 1 aromatic carbocycles. The van der Waals surface area contributed by atoms with Gasteiger partial charge in [0.05, 0.1) is 5.75 Å². The lowest BCUT2D eigenvalue weighted by Crippen LogP contribution is -2.44. The molecule has 0 spiro atoms. The second-order valence-corrected chi connectivity index (χ2v) is 8.99. The molecule has 1 aromatic rings. The summed E-state index contributed by atoms with van der Waals surface area (Å²) < 4.78 is 26.1. The lowest BCUT2D eigenvalue weighted by molar-refractivity contribution is 0.443. The van der Waals surface area contributed by atoms with E-state index in [2.05, 4.69) is 15.6 Å². The Kier molecular flexibility index (Phi) is 10.5. The largest absolute Gasteiger partial charge is 0.355 e. The average Bonchev–Trinajstić information content (AvgIpc) is 2.60. The Labute approximate surface area is 176 Å². The number of guanidine groups is 1. The number of sulfonamides is 1. The summed E-state index contributed by atoms with van der Waals surface area (Å²) in [7, 11) is -1.56. The van der Waals surface area contributed by atoms with Crippen molar-refractivity contribution in [1.82, 2.24) is 14.9 Å². The maximum Gasteiger partial charge on any atom is 0.215 e. The van der Waals surface area contributed by atoms with Crippen LogP contribution in [0.2, 0.25) is 5.02 Å². The zero-order valence-electron chi connectivity index (χ0n) is 14.1. The van der Waals surface area contributed by atoms with E-state index < -0.39 is 10.0 Å². The van der Waals surface area contributed by atoms with Gasteiger partial charge in [0, 0.05) is 49.8 Å². The Bertz CT molecular complexity index is 667. The molecule has 0 atom stereocenters. The number of nitrogens with one attached hydrogen (secondary N) is 2. The standard InChI is InChI=1S/C15H23ClN4O2S2.HI/c1-17-15(19-12-13-4-2-3-5-14(13)16)18-6-11-24(21,22)20-7-9-23-10-8-20;/h2-5H,6-12H2,1H3,(H2,17,18,19);1H. The lowest BCUT2D eigenvalue weighted by atomic mass is 10.2. The highest BCUT2D eigenvalue weighted by molar-refractivity contribution is 14.0. The molecule has 1 heterocycles. The lowest BCUT2D eigenvalue weighted by Gasteiger charge is -2.25. The smallest absolute Gasteiger partial charge is 0.215 e. The van der Waals surface area contributed by atoms with Crippen LogP contribution in [0.15, 0.2) is 29.3 Å². The summed E-state index contributed by atoms with van der Waals surface area (Å²) in [5.74, 6) is 2.35. The zero-order chi connectivity index (χ0) is 17.4. The number of hydrogen-bond donors (Lipinski definition) is 2. The Morgan fingerprint density at radius 1 is 1.28 bits per heavy atom. The van der Waals surface area contributed by atoms with Crippen molar-refractivity contribution in [3.05, 3.63) is 34.9 Å². The predicted octanol–water partition coefficient (Wildman–Crippen LogP) is 2.00. The second-order valence-electron chi connectivity index (χ2n) is 5.27. The molecule has 1 aliphatic rings.